The monoisotopic (exact) mass is 600 g/mol. The third kappa shape index (κ3) is 7.49. The van der Waals surface area contributed by atoms with Gasteiger partial charge < -0.3 is 15.3 Å². The van der Waals surface area contributed by atoms with Crippen LogP contribution in [0.1, 0.15) is 37.0 Å². The molecule has 3 rings (SSSR count). The van der Waals surface area contributed by atoms with Crippen molar-refractivity contribution in [2.45, 2.75) is 37.7 Å². The van der Waals surface area contributed by atoms with Gasteiger partial charge in [-0.05, 0) is 82.6 Å². The number of aliphatic imine (C=N–C) groups is 1. The van der Waals surface area contributed by atoms with E-state index in [9.17, 15) is 18.3 Å². The molecule has 1 unspecified atom stereocenters. The zero-order chi connectivity index (χ0) is 28.2. The summed E-state index contributed by atoms with van der Waals surface area (Å²) in [6.07, 6.45) is 0.321. The van der Waals surface area contributed by atoms with Crippen LogP contribution in [-0.2, 0) is 10.0 Å². The number of nitrogens with one attached hydrogen (secondary N) is 1. The summed E-state index contributed by atoms with van der Waals surface area (Å²) >= 11 is 18.4. The number of likely N-dealkylation sites (N-methyl/N-ethyl adjacent to an activating group) is 1. The Labute approximate surface area is 238 Å². The molecule has 12 heteroatoms. The van der Waals surface area contributed by atoms with Crippen LogP contribution in [0.25, 0.3) is 0 Å². The van der Waals surface area contributed by atoms with Crippen molar-refractivity contribution in [3.05, 3.63) is 74.5 Å². The average Bonchev–Trinajstić information content (AvgIpc) is 2.79. The minimum Gasteiger partial charge on any atom is -0.392 e. The first-order valence-electron chi connectivity index (χ1n) is 11.9. The van der Waals surface area contributed by atoms with Gasteiger partial charge >= 0.3 is 0 Å². The number of aliphatic hydroxyl groups is 1. The fourth-order valence-electron chi connectivity index (χ4n) is 4.41. The van der Waals surface area contributed by atoms with Crippen LogP contribution >= 0.6 is 34.8 Å². The average molecular weight is 602 g/mol. The Kier molecular flexibility index (Phi) is 10.2. The topological polar surface area (TPSA) is 102 Å². The third-order valence-corrected chi connectivity index (χ3v) is 8.58. The summed E-state index contributed by atoms with van der Waals surface area (Å²) in [5, 5.41) is 13.8. The number of allylic oxidation sites excluding steroid dienone is 1. The Morgan fingerprint density at radius 3 is 2.42 bits per heavy atom. The normalized spacial score (nSPS) is 17.7. The molecule has 0 aliphatic carbocycles. The molecule has 0 fully saturated rings. The summed E-state index contributed by atoms with van der Waals surface area (Å²) in [6, 6.07) is 10.7. The van der Waals surface area contributed by atoms with Crippen LogP contribution in [0.2, 0.25) is 15.1 Å². The lowest BCUT2D eigenvalue weighted by atomic mass is 9.91. The molecule has 1 amide bonds. The number of nitrogens with zero attached hydrogens (tertiary/aromatic N) is 3. The molecule has 0 saturated carbocycles. The van der Waals surface area contributed by atoms with Crippen LogP contribution < -0.4 is 5.32 Å². The molecular formula is C26H31Cl3N4O4S. The van der Waals surface area contributed by atoms with Crippen LogP contribution in [0.15, 0.2) is 63.7 Å². The van der Waals surface area contributed by atoms with Crippen LogP contribution in [-0.4, -0.2) is 67.8 Å². The molecule has 2 aromatic rings. The summed E-state index contributed by atoms with van der Waals surface area (Å²) in [5.41, 5.74) is 0.798. The van der Waals surface area contributed by atoms with Gasteiger partial charge in [-0.15, -0.1) is 0 Å². The van der Waals surface area contributed by atoms with Crippen LogP contribution in [0, 0.1) is 5.92 Å². The second-order valence-corrected chi connectivity index (χ2v) is 12.7. The number of carbonyl (C=O) groups is 1. The first kappa shape index (κ1) is 30.4. The standard InChI is InChI=1S/C26H31Cl3N4O4S/c1-16-11-18(12-20(34)15-32(3)4)14-33(38(36,37)21-8-5-7-19(27)13-21)25(16)30-17(2)31-26(35)24-22(28)9-6-10-23(24)29/h5-10,13,18,20,34H,11-12,14-15H2,1-4H3,(H,30,31,35)/t18-,20?/m0/s1. The maximum Gasteiger partial charge on any atom is 0.265 e. The van der Waals surface area contributed by atoms with E-state index in [-0.39, 0.29) is 49.6 Å². The van der Waals surface area contributed by atoms with E-state index in [0.29, 0.717) is 25.0 Å². The van der Waals surface area contributed by atoms with Gasteiger partial charge in [0.05, 0.1) is 26.6 Å². The van der Waals surface area contributed by atoms with Gasteiger partial charge in [-0.2, -0.15) is 0 Å². The van der Waals surface area contributed by atoms with E-state index in [2.05, 4.69) is 10.3 Å². The first-order chi connectivity index (χ1) is 17.8. The van der Waals surface area contributed by atoms with Crippen molar-refractivity contribution in [1.29, 1.82) is 0 Å². The molecule has 0 radical (unpaired) electrons. The van der Waals surface area contributed by atoms with E-state index < -0.39 is 22.0 Å². The molecule has 1 heterocycles. The molecule has 1 aliphatic rings. The molecule has 0 bridgehead atoms. The minimum atomic E-state index is -4.06. The Morgan fingerprint density at radius 2 is 1.82 bits per heavy atom. The highest BCUT2D eigenvalue weighted by atomic mass is 35.5. The molecule has 8 nitrogen and oxygen atoms in total. The van der Waals surface area contributed by atoms with Gasteiger partial charge in [-0.1, -0.05) is 46.9 Å². The van der Waals surface area contributed by atoms with Crippen molar-refractivity contribution in [1.82, 2.24) is 14.5 Å². The summed E-state index contributed by atoms with van der Waals surface area (Å²) in [4.78, 5) is 19.3. The largest absolute Gasteiger partial charge is 0.392 e. The van der Waals surface area contributed by atoms with E-state index in [1.54, 1.807) is 44.2 Å². The van der Waals surface area contributed by atoms with Crippen molar-refractivity contribution in [2.75, 3.05) is 27.2 Å². The number of hydrogen-bond acceptors (Lipinski definition) is 6. The zero-order valence-corrected chi connectivity index (χ0v) is 24.7. The number of aliphatic hydroxyl groups excluding tert-OH is 1. The van der Waals surface area contributed by atoms with Crippen molar-refractivity contribution in [3.8, 4) is 0 Å². The number of amides is 1. The molecule has 2 atom stereocenters. The number of rotatable bonds is 8. The molecule has 2 N–H and O–H groups in total. The van der Waals surface area contributed by atoms with Crippen molar-refractivity contribution in [2.24, 2.45) is 10.9 Å². The Hall–Kier alpha value is -2.14. The number of carbonyl (C=O) groups excluding carboxylic acids is 1. The SMILES string of the molecule is CC(=NC1=C(C)C[C@@H](CC(O)CN(C)C)CN1S(=O)(=O)c1cccc(Cl)c1)NC(=O)c1c(Cl)cccc1Cl. The van der Waals surface area contributed by atoms with Gasteiger partial charge in [-0.3, -0.25) is 4.79 Å². The highest BCUT2D eigenvalue weighted by molar-refractivity contribution is 7.89. The maximum atomic E-state index is 13.8. The molecule has 0 aromatic heterocycles. The number of halogens is 3. The molecule has 2 aromatic carbocycles. The van der Waals surface area contributed by atoms with Crippen LogP contribution in [0.3, 0.4) is 0 Å². The van der Waals surface area contributed by atoms with Gasteiger partial charge in [0.1, 0.15) is 11.7 Å². The van der Waals surface area contributed by atoms with Gasteiger partial charge in [0.2, 0.25) is 0 Å². The fourth-order valence-corrected chi connectivity index (χ4v) is 6.84. The predicted molar refractivity (Wildman–Crippen MR) is 152 cm³/mol. The second kappa shape index (κ2) is 12.8. The van der Waals surface area contributed by atoms with Crippen molar-refractivity contribution < 1.29 is 18.3 Å². The Morgan fingerprint density at radius 1 is 1.18 bits per heavy atom. The lowest BCUT2D eigenvalue weighted by Crippen LogP contribution is -2.41. The van der Waals surface area contributed by atoms with Gasteiger partial charge in [0.15, 0.2) is 0 Å². The minimum absolute atomic E-state index is 0.0181. The quantitative estimate of drug-likeness (QED) is 0.326. The lowest BCUT2D eigenvalue weighted by Gasteiger charge is -2.36. The number of sulfonamides is 1. The van der Waals surface area contributed by atoms with E-state index in [1.165, 1.54) is 16.4 Å². The summed E-state index contributed by atoms with van der Waals surface area (Å²) in [6.45, 7) is 3.91. The Balaban J connectivity index is 1.98. The Bertz CT molecular complexity index is 1340. The summed E-state index contributed by atoms with van der Waals surface area (Å²) in [7, 11) is -0.329. The highest BCUT2D eigenvalue weighted by Crippen LogP contribution is 2.34. The van der Waals surface area contributed by atoms with Crippen LogP contribution in [0.5, 0.6) is 0 Å². The maximum absolute atomic E-state index is 13.8. The summed E-state index contributed by atoms with van der Waals surface area (Å²) in [5.74, 6) is -0.344. The molecular weight excluding hydrogens is 571 g/mol. The van der Waals surface area contributed by atoms with Gasteiger partial charge in [0, 0.05) is 18.1 Å². The number of benzene rings is 2. The van der Waals surface area contributed by atoms with Crippen molar-refractivity contribution in [3.63, 3.8) is 0 Å². The molecule has 38 heavy (non-hydrogen) atoms. The van der Waals surface area contributed by atoms with E-state index in [1.807, 2.05) is 19.0 Å². The lowest BCUT2D eigenvalue weighted by molar-refractivity contribution is 0.0976. The predicted octanol–water partition coefficient (Wildman–Crippen LogP) is 5.05. The molecule has 0 saturated heterocycles. The van der Waals surface area contributed by atoms with Crippen LogP contribution in [0.4, 0.5) is 0 Å². The smallest absolute Gasteiger partial charge is 0.265 e. The van der Waals surface area contributed by atoms with E-state index >= 15 is 0 Å². The fraction of sp³-hybridized carbons (Fsp3) is 0.385. The highest BCUT2D eigenvalue weighted by Gasteiger charge is 2.35. The zero-order valence-electron chi connectivity index (χ0n) is 21.6. The molecule has 1 aliphatic heterocycles. The van der Waals surface area contributed by atoms with Crippen molar-refractivity contribution >= 4 is 56.6 Å². The number of amidine groups is 1. The molecule has 0 spiro atoms. The first-order valence-corrected chi connectivity index (χ1v) is 14.5. The second-order valence-electron chi connectivity index (χ2n) is 9.57. The van der Waals surface area contributed by atoms with Gasteiger partial charge in [-0.25, -0.2) is 17.7 Å². The molecule has 206 valence electrons. The summed E-state index contributed by atoms with van der Waals surface area (Å²) < 4.78 is 28.8. The van der Waals surface area contributed by atoms with E-state index in [4.69, 9.17) is 34.8 Å². The van der Waals surface area contributed by atoms with Gasteiger partial charge in [0.25, 0.3) is 15.9 Å². The number of hydrogen-bond donors (Lipinski definition) is 2. The third-order valence-electron chi connectivity index (χ3n) is 5.96. The van der Waals surface area contributed by atoms with E-state index in [0.717, 1.165) is 0 Å².